The van der Waals surface area contributed by atoms with Crippen molar-refractivity contribution in [2.24, 2.45) is 0 Å². The van der Waals surface area contributed by atoms with Gasteiger partial charge in [0, 0.05) is 30.7 Å². The van der Waals surface area contributed by atoms with Crippen molar-refractivity contribution in [1.29, 1.82) is 0 Å². The van der Waals surface area contributed by atoms with E-state index < -0.39 is 0 Å². The van der Waals surface area contributed by atoms with Crippen LogP contribution in [0.4, 0.5) is 5.69 Å². The highest BCUT2D eigenvalue weighted by Crippen LogP contribution is 2.04. The summed E-state index contributed by atoms with van der Waals surface area (Å²) in [6, 6.07) is 13.8. The van der Waals surface area contributed by atoms with Gasteiger partial charge >= 0.3 is 0 Å². The lowest BCUT2D eigenvalue weighted by Gasteiger charge is -2.15. The highest BCUT2D eigenvalue weighted by Gasteiger charge is 2.08. The molecule has 4 heteroatoms. The molecule has 1 atom stereocenters. The smallest absolute Gasteiger partial charge is 0.224 e. The van der Waals surface area contributed by atoms with Crippen molar-refractivity contribution < 1.29 is 4.79 Å². The van der Waals surface area contributed by atoms with Gasteiger partial charge in [-0.15, -0.1) is 0 Å². The van der Waals surface area contributed by atoms with Gasteiger partial charge in [0.25, 0.3) is 0 Å². The van der Waals surface area contributed by atoms with Crippen LogP contribution in [0.3, 0.4) is 0 Å². The van der Waals surface area contributed by atoms with Crippen LogP contribution in [0, 0.1) is 0 Å². The van der Waals surface area contributed by atoms with Crippen molar-refractivity contribution in [2.45, 2.75) is 19.4 Å². The molecule has 0 unspecified atom stereocenters. The number of rotatable bonds is 6. The fourth-order valence-electron chi connectivity index (χ4n) is 1.89. The van der Waals surface area contributed by atoms with Crippen molar-refractivity contribution in [1.82, 2.24) is 10.3 Å². The molecule has 0 saturated carbocycles. The molecular formula is C16H19N3O. The van der Waals surface area contributed by atoms with E-state index in [2.05, 4.69) is 15.6 Å². The van der Waals surface area contributed by atoms with E-state index in [9.17, 15) is 4.79 Å². The number of carbonyl (C=O) groups excluding carboxylic acids is 1. The molecule has 0 aliphatic heterocycles. The molecule has 2 N–H and O–H groups in total. The van der Waals surface area contributed by atoms with E-state index in [0.29, 0.717) is 13.0 Å². The number of carbonyl (C=O) groups is 1. The van der Waals surface area contributed by atoms with Crippen LogP contribution in [0.2, 0.25) is 0 Å². The minimum Gasteiger partial charge on any atom is -0.383 e. The topological polar surface area (TPSA) is 54.0 Å². The van der Waals surface area contributed by atoms with Crippen LogP contribution in [0.25, 0.3) is 0 Å². The summed E-state index contributed by atoms with van der Waals surface area (Å²) in [7, 11) is 0. The number of benzene rings is 1. The first-order chi connectivity index (χ1) is 9.74. The molecule has 1 aromatic heterocycles. The van der Waals surface area contributed by atoms with Gasteiger partial charge in [-0.05, 0) is 30.7 Å². The second kappa shape index (κ2) is 7.28. The zero-order chi connectivity index (χ0) is 14.2. The second-order valence-electron chi connectivity index (χ2n) is 4.75. The summed E-state index contributed by atoms with van der Waals surface area (Å²) in [5, 5.41) is 6.26. The first-order valence-electron chi connectivity index (χ1n) is 6.71. The van der Waals surface area contributed by atoms with E-state index >= 15 is 0 Å². The Kier molecular flexibility index (Phi) is 5.12. The van der Waals surface area contributed by atoms with Gasteiger partial charge in [0.2, 0.25) is 5.91 Å². The molecule has 0 aliphatic rings. The van der Waals surface area contributed by atoms with Gasteiger partial charge < -0.3 is 10.6 Å². The minimum absolute atomic E-state index is 0.0142. The SMILES string of the molecule is C[C@H](CNc1ccccc1)NC(=O)Cc1cccnc1. The lowest BCUT2D eigenvalue weighted by Crippen LogP contribution is -2.38. The molecule has 2 rings (SSSR count). The standard InChI is InChI=1S/C16H19N3O/c1-13(11-18-15-7-3-2-4-8-15)19-16(20)10-14-6-5-9-17-12-14/h2-9,12-13,18H,10-11H2,1H3,(H,19,20)/t13-/m1/s1. The highest BCUT2D eigenvalue weighted by molar-refractivity contribution is 5.78. The Hall–Kier alpha value is -2.36. The van der Waals surface area contributed by atoms with Crippen molar-refractivity contribution in [3.8, 4) is 0 Å². The first kappa shape index (κ1) is 14.1. The summed E-state index contributed by atoms with van der Waals surface area (Å²) in [4.78, 5) is 15.9. The maximum atomic E-state index is 11.9. The Morgan fingerprint density at radius 3 is 2.70 bits per heavy atom. The molecule has 1 heterocycles. The Bertz CT molecular complexity index is 528. The number of nitrogens with zero attached hydrogens (tertiary/aromatic N) is 1. The number of para-hydroxylation sites is 1. The van der Waals surface area contributed by atoms with Crippen molar-refractivity contribution in [3.05, 3.63) is 60.4 Å². The second-order valence-corrected chi connectivity index (χ2v) is 4.75. The third-order valence-corrected chi connectivity index (χ3v) is 2.88. The van der Waals surface area contributed by atoms with Gasteiger partial charge in [-0.2, -0.15) is 0 Å². The normalized spacial score (nSPS) is 11.7. The largest absolute Gasteiger partial charge is 0.383 e. The fourth-order valence-corrected chi connectivity index (χ4v) is 1.89. The van der Waals surface area contributed by atoms with Crippen LogP contribution in [0.1, 0.15) is 12.5 Å². The minimum atomic E-state index is 0.0142. The summed E-state index contributed by atoms with van der Waals surface area (Å²) >= 11 is 0. The molecule has 0 radical (unpaired) electrons. The third kappa shape index (κ3) is 4.72. The molecule has 0 bridgehead atoms. The summed E-state index contributed by atoms with van der Waals surface area (Å²) in [5.74, 6) is 0.0142. The van der Waals surface area contributed by atoms with E-state index in [1.807, 2.05) is 49.4 Å². The van der Waals surface area contributed by atoms with Crippen LogP contribution in [-0.4, -0.2) is 23.5 Å². The lowest BCUT2D eigenvalue weighted by atomic mass is 10.2. The lowest BCUT2D eigenvalue weighted by molar-refractivity contribution is -0.120. The van der Waals surface area contributed by atoms with Crippen LogP contribution < -0.4 is 10.6 Å². The van der Waals surface area contributed by atoms with E-state index in [1.54, 1.807) is 12.4 Å². The van der Waals surface area contributed by atoms with Gasteiger partial charge in [0.1, 0.15) is 0 Å². The van der Waals surface area contributed by atoms with Crippen molar-refractivity contribution in [2.75, 3.05) is 11.9 Å². The predicted molar refractivity (Wildman–Crippen MR) is 80.5 cm³/mol. The van der Waals surface area contributed by atoms with Gasteiger partial charge in [-0.3, -0.25) is 9.78 Å². The highest BCUT2D eigenvalue weighted by atomic mass is 16.1. The van der Waals surface area contributed by atoms with E-state index in [1.165, 1.54) is 0 Å². The quantitative estimate of drug-likeness (QED) is 0.845. The Balaban J connectivity index is 1.74. The molecular weight excluding hydrogens is 250 g/mol. The number of hydrogen-bond acceptors (Lipinski definition) is 3. The average molecular weight is 269 g/mol. The molecule has 1 amide bonds. The number of hydrogen-bond donors (Lipinski definition) is 2. The third-order valence-electron chi connectivity index (χ3n) is 2.88. The number of nitrogens with one attached hydrogen (secondary N) is 2. The van der Waals surface area contributed by atoms with Gasteiger partial charge in [0.15, 0.2) is 0 Å². The molecule has 1 aromatic carbocycles. The maximum Gasteiger partial charge on any atom is 0.224 e. The average Bonchev–Trinajstić information content (AvgIpc) is 2.47. The van der Waals surface area contributed by atoms with E-state index in [0.717, 1.165) is 11.3 Å². The summed E-state index contributed by atoms with van der Waals surface area (Å²) in [5.41, 5.74) is 1.98. The Labute approximate surface area is 119 Å². The van der Waals surface area contributed by atoms with Crippen molar-refractivity contribution >= 4 is 11.6 Å². The zero-order valence-corrected chi connectivity index (χ0v) is 11.5. The molecule has 0 fully saturated rings. The summed E-state index contributed by atoms with van der Waals surface area (Å²) in [6.45, 7) is 2.68. The van der Waals surface area contributed by atoms with Crippen molar-refractivity contribution in [3.63, 3.8) is 0 Å². The zero-order valence-electron chi connectivity index (χ0n) is 11.5. The molecule has 4 nitrogen and oxygen atoms in total. The van der Waals surface area contributed by atoms with E-state index in [-0.39, 0.29) is 11.9 Å². The number of aromatic nitrogens is 1. The van der Waals surface area contributed by atoms with E-state index in [4.69, 9.17) is 0 Å². The summed E-state index contributed by atoms with van der Waals surface area (Å²) < 4.78 is 0. The molecule has 0 spiro atoms. The van der Waals surface area contributed by atoms with Gasteiger partial charge in [0.05, 0.1) is 6.42 Å². The number of pyridine rings is 1. The predicted octanol–water partition coefficient (Wildman–Crippen LogP) is 2.24. The molecule has 0 aliphatic carbocycles. The van der Waals surface area contributed by atoms with Crippen LogP contribution in [0.5, 0.6) is 0 Å². The summed E-state index contributed by atoms with van der Waals surface area (Å²) in [6.07, 6.45) is 3.78. The monoisotopic (exact) mass is 269 g/mol. The number of amides is 1. The first-order valence-corrected chi connectivity index (χ1v) is 6.71. The Morgan fingerprint density at radius 1 is 1.20 bits per heavy atom. The van der Waals surface area contributed by atoms with Crippen LogP contribution in [0.15, 0.2) is 54.9 Å². The van der Waals surface area contributed by atoms with Crippen LogP contribution >= 0.6 is 0 Å². The van der Waals surface area contributed by atoms with Crippen LogP contribution in [-0.2, 0) is 11.2 Å². The van der Waals surface area contributed by atoms with Gasteiger partial charge in [-0.1, -0.05) is 24.3 Å². The van der Waals surface area contributed by atoms with Gasteiger partial charge in [-0.25, -0.2) is 0 Å². The Morgan fingerprint density at radius 2 is 2.00 bits per heavy atom. The molecule has 104 valence electrons. The molecule has 20 heavy (non-hydrogen) atoms. The molecule has 2 aromatic rings. The number of anilines is 1. The maximum absolute atomic E-state index is 11.9. The molecule has 0 saturated heterocycles. The fraction of sp³-hybridized carbons (Fsp3) is 0.250.